The summed E-state index contributed by atoms with van der Waals surface area (Å²) in [5, 5.41) is 11.6. The average molecular weight is 397 g/mol. The fourth-order valence-electron chi connectivity index (χ4n) is 2.70. The van der Waals surface area contributed by atoms with Crippen molar-refractivity contribution in [1.82, 2.24) is 10.2 Å². The van der Waals surface area contributed by atoms with E-state index in [1.165, 1.54) is 13.2 Å². The maximum Gasteiger partial charge on any atom is 0.277 e. The molecule has 0 saturated carbocycles. The molecule has 142 valence electrons. The van der Waals surface area contributed by atoms with E-state index in [1.807, 2.05) is 6.07 Å². The van der Waals surface area contributed by atoms with Crippen molar-refractivity contribution in [2.75, 3.05) is 11.1 Å². The van der Waals surface area contributed by atoms with E-state index >= 15 is 0 Å². The van der Waals surface area contributed by atoms with Crippen molar-refractivity contribution < 1.29 is 22.8 Å². The Hall–Kier alpha value is -3.33. The molecule has 1 N–H and O–H groups in total. The van der Waals surface area contributed by atoms with Crippen LogP contribution in [0.4, 0.5) is 5.69 Å². The van der Waals surface area contributed by atoms with Gasteiger partial charge in [0.25, 0.3) is 11.1 Å². The average Bonchev–Trinajstić information content (AvgIpc) is 3.39. The second-order valence-corrected chi connectivity index (χ2v) is 6.89. The van der Waals surface area contributed by atoms with Gasteiger partial charge in [-0.2, -0.15) is 0 Å². The zero-order valence-electron chi connectivity index (χ0n) is 15.0. The van der Waals surface area contributed by atoms with Crippen LogP contribution < -0.4 is 5.32 Å². The SMILES string of the molecule is CC(=O)c1oc2ccccc2c1NC(=O)CSc1nnc(-c2ccoc2C)o1. The van der Waals surface area contributed by atoms with Crippen LogP contribution in [0.1, 0.15) is 23.2 Å². The second kappa shape index (κ2) is 7.35. The van der Waals surface area contributed by atoms with Gasteiger partial charge in [-0.25, -0.2) is 0 Å². The first kappa shape index (κ1) is 18.1. The Balaban J connectivity index is 1.47. The number of hydrogen-bond acceptors (Lipinski definition) is 8. The number of aromatic nitrogens is 2. The van der Waals surface area contributed by atoms with Crippen LogP contribution >= 0.6 is 11.8 Å². The molecule has 0 aliphatic rings. The number of ketones is 1. The fourth-order valence-corrected chi connectivity index (χ4v) is 3.27. The van der Waals surface area contributed by atoms with Crippen molar-refractivity contribution in [3.05, 3.63) is 48.1 Å². The van der Waals surface area contributed by atoms with Crippen molar-refractivity contribution in [3.63, 3.8) is 0 Å². The summed E-state index contributed by atoms with van der Waals surface area (Å²) in [6.45, 7) is 3.18. The number of rotatable bonds is 6. The molecule has 4 aromatic rings. The number of thioether (sulfide) groups is 1. The van der Waals surface area contributed by atoms with E-state index in [4.69, 9.17) is 13.3 Å². The van der Waals surface area contributed by atoms with Gasteiger partial charge < -0.3 is 18.6 Å². The van der Waals surface area contributed by atoms with E-state index in [1.54, 1.807) is 31.2 Å². The fraction of sp³-hybridized carbons (Fsp3) is 0.158. The molecule has 0 fully saturated rings. The molecule has 0 bridgehead atoms. The van der Waals surface area contributed by atoms with Crippen molar-refractivity contribution in [3.8, 4) is 11.5 Å². The van der Waals surface area contributed by atoms with E-state index in [9.17, 15) is 9.59 Å². The van der Waals surface area contributed by atoms with Gasteiger partial charge in [0.2, 0.25) is 5.91 Å². The minimum Gasteiger partial charge on any atom is -0.469 e. The van der Waals surface area contributed by atoms with E-state index in [0.717, 1.165) is 11.8 Å². The second-order valence-electron chi connectivity index (χ2n) is 5.96. The summed E-state index contributed by atoms with van der Waals surface area (Å²) in [5.41, 5.74) is 1.61. The van der Waals surface area contributed by atoms with Gasteiger partial charge in [0.05, 0.1) is 23.3 Å². The molecule has 0 saturated heterocycles. The molecule has 1 amide bonds. The van der Waals surface area contributed by atoms with Gasteiger partial charge in [0.15, 0.2) is 11.5 Å². The number of aryl methyl sites for hydroxylation is 1. The highest BCUT2D eigenvalue weighted by molar-refractivity contribution is 7.99. The van der Waals surface area contributed by atoms with Crippen molar-refractivity contribution >= 4 is 40.1 Å². The number of fused-ring (bicyclic) bond motifs is 1. The first-order valence-electron chi connectivity index (χ1n) is 8.36. The van der Waals surface area contributed by atoms with Crippen molar-refractivity contribution in [2.24, 2.45) is 0 Å². The van der Waals surface area contributed by atoms with Crippen LogP contribution in [0.15, 0.2) is 55.1 Å². The molecule has 3 aromatic heterocycles. The van der Waals surface area contributed by atoms with Crippen LogP contribution in [0.25, 0.3) is 22.4 Å². The number of hydrogen-bond donors (Lipinski definition) is 1. The summed E-state index contributed by atoms with van der Waals surface area (Å²) in [5.74, 6) is 0.558. The Morgan fingerprint density at radius 1 is 1.14 bits per heavy atom. The number of furan rings is 2. The molecule has 0 spiro atoms. The lowest BCUT2D eigenvalue weighted by Crippen LogP contribution is -2.15. The van der Waals surface area contributed by atoms with E-state index in [2.05, 4.69) is 15.5 Å². The molecule has 1 aromatic carbocycles. The van der Waals surface area contributed by atoms with Crippen molar-refractivity contribution in [2.45, 2.75) is 19.1 Å². The lowest BCUT2D eigenvalue weighted by molar-refractivity contribution is -0.113. The summed E-state index contributed by atoms with van der Waals surface area (Å²) in [6, 6.07) is 8.86. The molecule has 0 radical (unpaired) electrons. The zero-order valence-corrected chi connectivity index (χ0v) is 15.8. The van der Waals surface area contributed by atoms with Gasteiger partial charge in [-0.05, 0) is 25.1 Å². The number of Topliss-reactive ketones (excluding diaryl/α,β-unsaturated/α-hetero) is 1. The summed E-state index contributed by atoms with van der Waals surface area (Å²) in [7, 11) is 0. The lowest BCUT2D eigenvalue weighted by Gasteiger charge is -2.03. The largest absolute Gasteiger partial charge is 0.469 e. The normalized spacial score (nSPS) is 11.1. The molecule has 28 heavy (non-hydrogen) atoms. The first-order valence-corrected chi connectivity index (χ1v) is 9.34. The predicted molar refractivity (Wildman–Crippen MR) is 102 cm³/mol. The number of carbonyl (C=O) groups excluding carboxylic acids is 2. The molecular formula is C19H15N3O5S. The van der Waals surface area contributed by atoms with Crippen LogP contribution in [-0.2, 0) is 4.79 Å². The van der Waals surface area contributed by atoms with Crippen molar-refractivity contribution in [1.29, 1.82) is 0 Å². The number of anilines is 1. The molecule has 4 rings (SSSR count). The smallest absolute Gasteiger partial charge is 0.277 e. The van der Waals surface area contributed by atoms with Crippen LogP contribution in [0.3, 0.4) is 0 Å². The summed E-state index contributed by atoms with van der Waals surface area (Å²) in [4.78, 5) is 24.3. The minimum absolute atomic E-state index is 0.0306. The summed E-state index contributed by atoms with van der Waals surface area (Å²) in [6.07, 6.45) is 1.54. The van der Waals surface area contributed by atoms with Crippen LogP contribution in [-0.4, -0.2) is 27.6 Å². The third-order valence-corrected chi connectivity index (χ3v) is 4.82. The highest BCUT2D eigenvalue weighted by Gasteiger charge is 2.20. The lowest BCUT2D eigenvalue weighted by atomic mass is 10.2. The van der Waals surface area contributed by atoms with Gasteiger partial charge in [0.1, 0.15) is 11.3 Å². The molecular weight excluding hydrogens is 382 g/mol. The summed E-state index contributed by atoms with van der Waals surface area (Å²) < 4.78 is 16.3. The third kappa shape index (κ3) is 3.44. The topological polar surface area (TPSA) is 111 Å². The predicted octanol–water partition coefficient (Wildman–Crippen LogP) is 4.32. The number of nitrogens with one attached hydrogen (secondary N) is 1. The Morgan fingerprint density at radius 3 is 2.71 bits per heavy atom. The molecule has 9 heteroatoms. The quantitative estimate of drug-likeness (QED) is 0.378. The van der Waals surface area contributed by atoms with Gasteiger partial charge in [-0.1, -0.05) is 23.9 Å². The van der Waals surface area contributed by atoms with Gasteiger partial charge >= 0.3 is 0 Å². The highest BCUT2D eigenvalue weighted by atomic mass is 32.2. The number of para-hydroxylation sites is 1. The molecule has 0 atom stereocenters. The Bertz CT molecular complexity index is 1170. The number of carbonyl (C=O) groups is 2. The summed E-state index contributed by atoms with van der Waals surface area (Å²) >= 11 is 1.10. The van der Waals surface area contributed by atoms with Crippen LogP contribution in [0.2, 0.25) is 0 Å². The maximum absolute atomic E-state index is 12.4. The molecule has 0 unspecified atom stereocenters. The Labute approximate surface area is 163 Å². The third-order valence-electron chi connectivity index (χ3n) is 4.00. The van der Waals surface area contributed by atoms with E-state index in [0.29, 0.717) is 33.9 Å². The van der Waals surface area contributed by atoms with Crippen LogP contribution in [0, 0.1) is 6.92 Å². The zero-order chi connectivity index (χ0) is 19.7. The standard InChI is InChI=1S/C19H15N3O5S/c1-10(23)17-16(13-5-3-4-6-14(13)26-17)20-15(24)9-28-19-22-21-18(27-19)12-7-8-25-11(12)2/h3-8H,9H2,1-2H3,(H,20,24). The van der Waals surface area contributed by atoms with Crippen LogP contribution in [0.5, 0.6) is 0 Å². The maximum atomic E-state index is 12.4. The van der Waals surface area contributed by atoms with E-state index in [-0.39, 0.29) is 28.4 Å². The highest BCUT2D eigenvalue weighted by Crippen LogP contribution is 2.32. The minimum atomic E-state index is -0.321. The molecule has 8 nitrogen and oxygen atoms in total. The Morgan fingerprint density at radius 2 is 1.96 bits per heavy atom. The number of nitrogens with zero attached hydrogens (tertiary/aromatic N) is 2. The van der Waals surface area contributed by atoms with Gasteiger partial charge in [0, 0.05) is 12.3 Å². The number of benzene rings is 1. The molecule has 0 aliphatic carbocycles. The molecule has 3 heterocycles. The van der Waals surface area contributed by atoms with E-state index < -0.39 is 0 Å². The Kier molecular flexibility index (Phi) is 4.74. The monoisotopic (exact) mass is 397 g/mol. The number of amides is 1. The van der Waals surface area contributed by atoms with Gasteiger partial charge in [-0.3, -0.25) is 9.59 Å². The van der Waals surface area contributed by atoms with Gasteiger partial charge in [-0.15, -0.1) is 10.2 Å². The first-order chi connectivity index (χ1) is 13.5. The molecule has 0 aliphatic heterocycles.